The van der Waals surface area contributed by atoms with Gasteiger partial charge in [-0.3, -0.25) is 4.55 Å². The topological polar surface area (TPSA) is 121 Å². The Morgan fingerprint density at radius 1 is 1.25 bits per heavy atom. The predicted molar refractivity (Wildman–Crippen MR) is 124 cm³/mol. The van der Waals surface area contributed by atoms with E-state index in [9.17, 15) is 18.1 Å². The number of anilines is 1. The Labute approximate surface area is 194 Å². The molecule has 2 aliphatic rings. The van der Waals surface area contributed by atoms with E-state index in [0.29, 0.717) is 12.8 Å². The molecule has 3 N–H and O–H groups in total. The SMILES string of the molecule is CN([C@H]1C[C@@H](n2ccc3c(N[C@H]4CCc5cc(Br)ccc54)ncnc32)C[C@@H]1O)S(=O)(=O)O. The second-order valence-electron chi connectivity index (χ2n) is 8.52. The molecule has 0 amide bonds. The number of likely N-dealkylation sites (N-methyl/N-ethyl adjacent to an activating group) is 1. The van der Waals surface area contributed by atoms with E-state index < -0.39 is 22.4 Å². The van der Waals surface area contributed by atoms with Gasteiger partial charge >= 0.3 is 10.3 Å². The normalized spacial score (nSPS) is 25.5. The Morgan fingerprint density at radius 2 is 2.06 bits per heavy atom. The predicted octanol–water partition coefficient (Wildman–Crippen LogP) is 3.09. The monoisotopic (exact) mass is 521 g/mol. The molecule has 0 aliphatic heterocycles. The minimum atomic E-state index is -4.38. The number of nitrogens with zero attached hydrogens (tertiary/aromatic N) is 4. The summed E-state index contributed by atoms with van der Waals surface area (Å²) in [4.78, 5) is 8.94. The molecule has 4 atom stereocenters. The van der Waals surface area contributed by atoms with Gasteiger partial charge in [0.2, 0.25) is 0 Å². The number of hydrogen-bond donors (Lipinski definition) is 3. The number of rotatable bonds is 5. The Balaban J connectivity index is 1.41. The molecule has 2 aliphatic carbocycles. The van der Waals surface area contributed by atoms with Crippen molar-refractivity contribution >= 4 is 43.1 Å². The summed E-state index contributed by atoms with van der Waals surface area (Å²) < 4.78 is 36.3. The van der Waals surface area contributed by atoms with Crippen LogP contribution in [0, 0.1) is 0 Å². The largest absolute Gasteiger partial charge is 0.391 e. The van der Waals surface area contributed by atoms with Crippen molar-refractivity contribution in [3.05, 3.63) is 52.4 Å². The van der Waals surface area contributed by atoms with Crippen molar-refractivity contribution in [3.63, 3.8) is 0 Å². The number of aliphatic hydroxyl groups is 1. The molecule has 0 bridgehead atoms. The minimum absolute atomic E-state index is 0.149. The van der Waals surface area contributed by atoms with Gasteiger partial charge in [-0.25, -0.2) is 9.97 Å². The van der Waals surface area contributed by atoms with Gasteiger partial charge < -0.3 is 15.0 Å². The van der Waals surface area contributed by atoms with Gasteiger partial charge in [-0.05, 0) is 55.0 Å². The smallest absolute Gasteiger partial charge is 0.335 e. The molecular formula is C21H24BrN5O4S. The second-order valence-corrected chi connectivity index (χ2v) is 10.9. The molecule has 1 fully saturated rings. The van der Waals surface area contributed by atoms with E-state index in [1.54, 1.807) is 0 Å². The van der Waals surface area contributed by atoms with Gasteiger partial charge in [-0.1, -0.05) is 22.0 Å². The molecule has 32 heavy (non-hydrogen) atoms. The molecule has 0 saturated heterocycles. The van der Waals surface area contributed by atoms with Crippen LogP contribution in [0.5, 0.6) is 0 Å². The van der Waals surface area contributed by atoms with Gasteiger partial charge in [0.05, 0.1) is 23.6 Å². The molecular weight excluding hydrogens is 498 g/mol. The van der Waals surface area contributed by atoms with Crippen molar-refractivity contribution in [2.75, 3.05) is 12.4 Å². The van der Waals surface area contributed by atoms with Crippen LogP contribution in [0.15, 0.2) is 41.3 Å². The highest BCUT2D eigenvalue weighted by Crippen LogP contribution is 2.39. The van der Waals surface area contributed by atoms with Crippen LogP contribution in [0.1, 0.15) is 42.5 Å². The quantitative estimate of drug-likeness (QED) is 0.441. The maximum absolute atomic E-state index is 11.5. The highest BCUT2D eigenvalue weighted by Gasteiger charge is 2.40. The summed E-state index contributed by atoms with van der Waals surface area (Å²) in [5, 5.41) is 14.9. The van der Waals surface area contributed by atoms with Gasteiger partial charge in [-0.15, -0.1) is 0 Å². The number of fused-ring (bicyclic) bond motifs is 2. The molecule has 170 valence electrons. The first-order valence-corrected chi connectivity index (χ1v) is 12.7. The maximum Gasteiger partial charge on any atom is 0.335 e. The number of benzene rings is 1. The average Bonchev–Trinajstić information content (AvgIpc) is 3.44. The molecule has 11 heteroatoms. The highest BCUT2D eigenvalue weighted by molar-refractivity contribution is 9.10. The van der Waals surface area contributed by atoms with Crippen molar-refractivity contribution in [3.8, 4) is 0 Å². The Bertz CT molecular complexity index is 1280. The van der Waals surface area contributed by atoms with Crippen molar-refractivity contribution in [2.45, 2.75) is 49.9 Å². The molecule has 0 unspecified atom stereocenters. The Hall–Kier alpha value is -2.05. The van der Waals surface area contributed by atoms with E-state index in [4.69, 9.17) is 0 Å². The highest BCUT2D eigenvalue weighted by atomic mass is 79.9. The first-order chi connectivity index (χ1) is 15.2. The number of aromatic nitrogens is 3. The molecule has 2 heterocycles. The molecule has 9 nitrogen and oxygen atoms in total. The van der Waals surface area contributed by atoms with E-state index in [1.807, 2.05) is 16.8 Å². The van der Waals surface area contributed by atoms with Crippen LogP contribution >= 0.6 is 15.9 Å². The van der Waals surface area contributed by atoms with Gasteiger partial charge in [0.15, 0.2) is 0 Å². The fourth-order valence-corrected chi connectivity index (χ4v) is 6.02. The first-order valence-electron chi connectivity index (χ1n) is 10.5. The second kappa shape index (κ2) is 8.07. The van der Waals surface area contributed by atoms with Gasteiger partial charge in [0, 0.05) is 23.8 Å². The van der Waals surface area contributed by atoms with Crippen LogP contribution in [0.3, 0.4) is 0 Å². The van der Waals surface area contributed by atoms with Gasteiger partial charge in [0.1, 0.15) is 17.8 Å². The molecule has 3 aromatic rings. The molecule has 1 aromatic carbocycles. The van der Waals surface area contributed by atoms with E-state index in [2.05, 4.69) is 49.4 Å². The molecule has 1 saturated carbocycles. The molecule has 0 radical (unpaired) electrons. The van der Waals surface area contributed by atoms with Crippen molar-refractivity contribution in [2.24, 2.45) is 0 Å². The first kappa shape index (κ1) is 21.8. The molecule has 0 spiro atoms. The summed E-state index contributed by atoms with van der Waals surface area (Å²) in [6.45, 7) is 0. The van der Waals surface area contributed by atoms with Gasteiger partial charge in [0.25, 0.3) is 0 Å². The number of aliphatic hydroxyl groups excluding tert-OH is 1. The van der Waals surface area contributed by atoms with Crippen LogP contribution in [0.2, 0.25) is 0 Å². The zero-order valence-corrected chi connectivity index (χ0v) is 19.8. The van der Waals surface area contributed by atoms with E-state index in [0.717, 1.165) is 38.5 Å². The summed E-state index contributed by atoms with van der Waals surface area (Å²) in [5.74, 6) is 0.750. The molecule has 2 aromatic heterocycles. The standard InChI is InChI=1S/C21H24BrN5O4S/c1-26(32(29,30)31)18-9-14(10-19(18)28)27-7-6-16-20(23-11-24-21(16)27)25-17-5-2-12-8-13(22)3-4-15(12)17/h3-4,6-8,11,14,17-19,28H,2,5,9-10H2,1H3,(H,23,24,25)(H,29,30,31)/t14-,17+,18+,19+/m1/s1. The Kier molecular flexibility index (Phi) is 5.49. The van der Waals surface area contributed by atoms with E-state index in [-0.39, 0.29) is 12.1 Å². The van der Waals surface area contributed by atoms with Crippen molar-refractivity contribution in [1.29, 1.82) is 0 Å². The zero-order chi connectivity index (χ0) is 22.6. The van der Waals surface area contributed by atoms with Crippen molar-refractivity contribution in [1.82, 2.24) is 18.8 Å². The zero-order valence-electron chi connectivity index (χ0n) is 17.4. The summed E-state index contributed by atoms with van der Waals surface area (Å²) in [6.07, 6.45) is 5.27. The van der Waals surface area contributed by atoms with Crippen LogP contribution < -0.4 is 5.32 Å². The third-order valence-corrected chi connectivity index (χ3v) is 8.19. The van der Waals surface area contributed by atoms with Crippen LogP contribution in [-0.4, -0.2) is 56.1 Å². The summed E-state index contributed by atoms with van der Waals surface area (Å²) >= 11 is 3.54. The number of nitrogens with one attached hydrogen (secondary N) is 1. The Morgan fingerprint density at radius 3 is 2.84 bits per heavy atom. The lowest BCUT2D eigenvalue weighted by atomic mass is 10.1. The summed E-state index contributed by atoms with van der Waals surface area (Å²) in [7, 11) is -3.10. The van der Waals surface area contributed by atoms with Crippen molar-refractivity contribution < 1.29 is 18.1 Å². The lowest BCUT2D eigenvalue weighted by molar-refractivity contribution is 0.117. The third kappa shape index (κ3) is 3.81. The molecule has 5 rings (SSSR count). The summed E-state index contributed by atoms with van der Waals surface area (Å²) in [5.41, 5.74) is 3.33. The van der Waals surface area contributed by atoms with Crippen LogP contribution in [0.4, 0.5) is 5.82 Å². The average molecular weight is 522 g/mol. The minimum Gasteiger partial charge on any atom is -0.391 e. The van der Waals surface area contributed by atoms with Crippen LogP contribution in [0.25, 0.3) is 11.0 Å². The number of aryl methyl sites for hydroxylation is 1. The number of hydrogen-bond acceptors (Lipinski definition) is 6. The fourth-order valence-electron chi connectivity index (χ4n) is 5.04. The van der Waals surface area contributed by atoms with Crippen LogP contribution in [-0.2, 0) is 16.7 Å². The summed E-state index contributed by atoms with van der Waals surface area (Å²) in [6, 6.07) is 7.62. The van der Waals surface area contributed by atoms with E-state index >= 15 is 0 Å². The van der Waals surface area contributed by atoms with E-state index in [1.165, 1.54) is 24.5 Å². The lowest BCUT2D eigenvalue weighted by Crippen LogP contribution is -2.41. The third-order valence-electron chi connectivity index (χ3n) is 6.70. The number of halogens is 1. The lowest BCUT2D eigenvalue weighted by Gasteiger charge is -2.23. The maximum atomic E-state index is 11.5. The van der Waals surface area contributed by atoms with Gasteiger partial charge in [-0.2, -0.15) is 12.7 Å². The fraction of sp³-hybridized carbons (Fsp3) is 0.429.